The summed E-state index contributed by atoms with van der Waals surface area (Å²) in [7, 11) is -3.43. The molecule has 0 aliphatic heterocycles. The molecule has 0 spiro atoms. The SMILES string of the molecule is Cc1cc(C)c(S(=O)(=O)NCCCNCCCN)c(C)c1. The van der Waals surface area contributed by atoms with Crippen molar-refractivity contribution in [2.75, 3.05) is 26.2 Å². The van der Waals surface area contributed by atoms with Gasteiger partial charge in [0.25, 0.3) is 0 Å². The summed E-state index contributed by atoms with van der Waals surface area (Å²) < 4.78 is 27.4. The molecule has 21 heavy (non-hydrogen) atoms. The second kappa shape index (κ2) is 8.48. The molecular formula is C15H27N3O2S. The number of hydrogen-bond donors (Lipinski definition) is 3. The zero-order valence-corrected chi connectivity index (χ0v) is 14.0. The molecule has 0 amide bonds. The number of sulfonamides is 1. The van der Waals surface area contributed by atoms with Crippen molar-refractivity contribution in [3.05, 3.63) is 28.8 Å². The molecule has 0 atom stereocenters. The number of hydrogen-bond acceptors (Lipinski definition) is 4. The highest BCUT2D eigenvalue weighted by Crippen LogP contribution is 2.21. The fraction of sp³-hybridized carbons (Fsp3) is 0.600. The van der Waals surface area contributed by atoms with Crippen molar-refractivity contribution in [3.63, 3.8) is 0 Å². The van der Waals surface area contributed by atoms with E-state index in [9.17, 15) is 8.42 Å². The first-order valence-electron chi connectivity index (χ1n) is 7.37. The minimum Gasteiger partial charge on any atom is -0.330 e. The molecule has 1 rings (SSSR count). The fourth-order valence-corrected chi connectivity index (χ4v) is 3.96. The molecule has 0 fully saturated rings. The Morgan fingerprint density at radius 2 is 1.57 bits per heavy atom. The van der Waals surface area contributed by atoms with Crippen molar-refractivity contribution in [2.24, 2.45) is 5.73 Å². The maximum Gasteiger partial charge on any atom is 0.241 e. The second-order valence-electron chi connectivity index (χ2n) is 5.37. The fourth-order valence-electron chi connectivity index (χ4n) is 2.43. The normalized spacial score (nSPS) is 11.8. The molecule has 6 heteroatoms. The first-order valence-corrected chi connectivity index (χ1v) is 8.85. The lowest BCUT2D eigenvalue weighted by Crippen LogP contribution is -2.29. The van der Waals surface area contributed by atoms with Crippen LogP contribution in [-0.2, 0) is 10.0 Å². The first-order chi connectivity index (χ1) is 9.88. The average molecular weight is 313 g/mol. The molecule has 1 aromatic carbocycles. The van der Waals surface area contributed by atoms with Crippen LogP contribution in [0.25, 0.3) is 0 Å². The van der Waals surface area contributed by atoms with Crippen molar-refractivity contribution in [2.45, 2.75) is 38.5 Å². The molecule has 0 saturated heterocycles. The van der Waals surface area contributed by atoms with Gasteiger partial charge >= 0.3 is 0 Å². The Bertz CT molecular complexity index is 533. The molecule has 0 saturated carbocycles. The summed E-state index contributed by atoms with van der Waals surface area (Å²) in [6.45, 7) is 8.41. The van der Waals surface area contributed by atoms with E-state index in [1.54, 1.807) is 0 Å². The lowest BCUT2D eigenvalue weighted by atomic mass is 10.1. The van der Waals surface area contributed by atoms with Crippen LogP contribution in [-0.4, -0.2) is 34.6 Å². The third-order valence-electron chi connectivity index (χ3n) is 3.25. The molecular weight excluding hydrogens is 286 g/mol. The van der Waals surface area contributed by atoms with E-state index in [0.29, 0.717) is 18.0 Å². The lowest BCUT2D eigenvalue weighted by molar-refractivity contribution is 0.571. The molecule has 0 radical (unpaired) electrons. The second-order valence-corrected chi connectivity index (χ2v) is 7.08. The highest BCUT2D eigenvalue weighted by atomic mass is 32.2. The van der Waals surface area contributed by atoms with Gasteiger partial charge in [0, 0.05) is 6.54 Å². The van der Waals surface area contributed by atoms with E-state index in [-0.39, 0.29) is 0 Å². The smallest absolute Gasteiger partial charge is 0.241 e. The van der Waals surface area contributed by atoms with Gasteiger partial charge in [-0.2, -0.15) is 0 Å². The highest BCUT2D eigenvalue weighted by Gasteiger charge is 2.18. The summed E-state index contributed by atoms with van der Waals surface area (Å²) in [6.07, 6.45) is 1.70. The van der Waals surface area contributed by atoms with Gasteiger partial charge in [-0.3, -0.25) is 0 Å². The molecule has 0 heterocycles. The number of aryl methyl sites for hydroxylation is 3. The van der Waals surface area contributed by atoms with Gasteiger partial charge in [0.2, 0.25) is 10.0 Å². The van der Waals surface area contributed by atoms with Gasteiger partial charge in [0.05, 0.1) is 4.90 Å². The quantitative estimate of drug-likeness (QED) is 0.599. The number of nitrogens with two attached hydrogens (primary N) is 1. The van der Waals surface area contributed by atoms with Crippen molar-refractivity contribution in [1.82, 2.24) is 10.0 Å². The van der Waals surface area contributed by atoms with Crippen LogP contribution in [0, 0.1) is 20.8 Å². The van der Waals surface area contributed by atoms with E-state index in [1.807, 2.05) is 32.9 Å². The van der Waals surface area contributed by atoms with Gasteiger partial charge in [-0.25, -0.2) is 13.1 Å². The highest BCUT2D eigenvalue weighted by molar-refractivity contribution is 7.89. The van der Waals surface area contributed by atoms with Crippen molar-refractivity contribution >= 4 is 10.0 Å². The van der Waals surface area contributed by atoms with Gasteiger partial charge in [0.15, 0.2) is 0 Å². The maximum atomic E-state index is 12.4. The predicted molar refractivity (Wildman–Crippen MR) is 87.0 cm³/mol. The zero-order chi connectivity index (χ0) is 15.9. The van der Waals surface area contributed by atoms with Crippen LogP contribution in [0.1, 0.15) is 29.5 Å². The largest absolute Gasteiger partial charge is 0.330 e. The van der Waals surface area contributed by atoms with Gasteiger partial charge < -0.3 is 11.1 Å². The Morgan fingerprint density at radius 1 is 1.00 bits per heavy atom. The van der Waals surface area contributed by atoms with Crippen LogP contribution >= 0.6 is 0 Å². The summed E-state index contributed by atoms with van der Waals surface area (Å²) in [5.41, 5.74) is 8.06. The van der Waals surface area contributed by atoms with E-state index < -0.39 is 10.0 Å². The molecule has 0 aliphatic rings. The molecule has 0 aliphatic carbocycles. The number of benzene rings is 1. The van der Waals surface area contributed by atoms with E-state index in [1.165, 1.54) is 0 Å². The standard InChI is InChI=1S/C15H27N3O2S/c1-12-10-13(2)15(14(3)11-12)21(19,20)18-9-5-8-17-7-4-6-16/h10-11,17-18H,4-9,16H2,1-3H3. The van der Waals surface area contributed by atoms with Gasteiger partial charge in [-0.15, -0.1) is 0 Å². The molecule has 1 aromatic rings. The topological polar surface area (TPSA) is 84.2 Å². The summed E-state index contributed by atoms with van der Waals surface area (Å²) in [5, 5.41) is 3.23. The van der Waals surface area contributed by atoms with Crippen molar-refractivity contribution in [1.29, 1.82) is 0 Å². The third-order valence-corrected chi connectivity index (χ3v) is 5.02. The summed E-state index contributed by atoms with van der Waals surface area (Å²) in [4.78, 5) is 0.407. The van der Waals surface area contributed by atoms with E-state index >= 15 is 0 Å². The number of nitrogens with one attached hydrogen (secondary N) is 2. The van der Waals surface area contributed by atoms with Gasteiger partial charge in [0.1, 0.15) is 0 Å². The van der Waals surface area contributed by atoms with Gasteiger partial charge in [-0.1, -0.05) is 17.7 Å². The molecule has 120 valence electrons. The van der Waals surface area contributed by atoms with Crippen LogP contribution < -0.4 is 15.8 Å². The molecule has 0 bridgehead atoms. The van der Waals surface area contributed by atoms with Gasteiger partial charge in [-0.05, 0) is 64.4 Å². The lowest BCUT2D eigenvalue weighted by Gasteiger charge is -2.13. The maximum absolute atomic E-state index is 12.4. The Balaban J connectivity index is 2.55. The predicted octanol–water partition coefficient (Wildman–Crippen LogP) is 1.22. The van der Waals surface area contributed by atoms with Crippen LogP contribution in [0.2, 0.25) is 0 Å². The Labute approximate surface area is 128 Å². The Hall–Kier alpha value is -0.950. The summed E-state index contributed by atoms with van der Waals surface area (Å²) in [6, 6.07) is 3.80. The zero-order valence-electron chi connectivity index (χ0n) is 13.2. The van der Waals surface area contributed by atoms with E-state index in [4.69, 9.17) is 5.73 Å². The molecule has 4 N–H and O–H groups in total. The van der Waals surface area contributed by atoms with Crippen molar-refractivity contribution in [3.8, 4) is 0 Å². The third kappa shape index (κ3) is 5.74. The van der Waals surface area contributed by atoms with Crippen LogP contribution in [0.5, 0.6) is 0 Å². The molecule has 0 unspecified atom stereocenters. The van der Waals surface area contributed by atoms with E-state index in [0.717, 1.165) is 42.6 Å². The minimum absolute atomic E-state index is 0.407. The molecule has 5 nitrogen and oxygen atoms in total. The monoisotopic (exact) mass is 313 g/mol. The Morgan fingerprint density at radius 3 is 2.14 bits per heavy atom. The van der Waals surface area contributed by atoms with E-state index in [2.05, 4.69) is 10.0 Å². The summed E-state index contributed by atoms with van der Waals surface area (Å²) in [5.74, 6) is 0. The van der Waals surface area contributed by atoms with Crippen LogP contribution in [0.4, 0.5) is 0 Å². The first kappa shape index (κ1) is 18.1. The Kier molecular flexibility index (Phi) is 7.31. The summed E-state index contributed by atoms with van der Waals surface area (Å²) >= 11 is 0. The molecule has 0 aromatic heterocycles. The average Bonchev–Trinajstić information content (AvgIpc) is 2.35. The minimum atomic E-state index is -3.43. The van der Waals surface area contributed by atoms with Crippen molar-refractivity contribution < 1.29 is 8.42 Å². The van der Waals surface area contributed by atoms with Crippen LogP contribution in [0.15, 0.2) is 17.0 Å². The number of rotatable bonds is 9. The van der Waals surface area contributed by atoms with Crippen LogP contribution in [0.3, 0.4) is 0 Å².